The first-order valence-electron chi connectivity index (χ1n) is 6.18. The number of benzene rings is 2. The molecule has 2 nitrogen and oxygen atoms in total. The third-order valence-electron chi connectivity index (χ3n) is 3.31. The first-order chi connectivity index (χ1) is 9.52. The summed E-state index contributed by atoms with van der Waals surface area (Å²) >= 11 is 6.09. The zero-order chi connectivity index (χ0) is 14.7. The number of hydrogen-bond acceptors (Lipinski definition) is 2. The smallest absolute Gasteiger partial charge is 0.159 e. The first kappa shape index (κ1) is 14.9. The maximum atomic E-state index is 13.2. The van der Waals surface area contributed by atoms with E-state index in [2.05, 4.69) is 5.43 Å². The molecule has 2 rings (SSSR count). The Bertz CT molecular complexity index is 617. The molecule has 5 heteroatoms. The van der Waals surface area contributed by atoms with E-state index in [1.165, 1.54) is 6.07 Å². The van der Waals surface area contributed by atoms with Gasteiger partial charge < -0.3 is 0 Å². The highest BCUT2D eigenvalue weighted by molar-refractivity contribution is 6.31. The summed E-state index contributed by atoms with van der Waals surface area (Å²) in [5.41, 5.74) is 5.20. The summed E-state index contributed by atoms with van der Waals surface area (Å²) in [6.07, 6.45) is 0.439. The van der Waals surface area contributed by atoms with Gasteiger partial charge in [-0.05, 0) is 48.2 Å². The maximum absolute atomic E-state index is 13.2. The van der Waals surface area contributed by atoms with Crippen LogP contribution in [0.1, 0.15) is 22.7 Å². The van der Waals surface area contributed by atoms with Crippen molar-refractivity contribution >= 4 is 11.6 Å². The van der Waals surface area contributed by atoms with Crippen LogP contribution in [0.5, 0.6) is 0 Å². The molecule has 0 saturated heterocycles. The van der Waals surface area contributed by atoms with Crippen molar-refractivity contribution in [3.63, 3.8) is 0 Å². The Kier molecular flexibility index (Phi) is 4.70. The fourth-order valence-electron chi connectivity index (χ4n) is 2.16. The van der Waals surface area contributed by atoms with Gasteiger partial charge in [0.05, 0.1) is 6.04 Å². The first-order valence-corrected chi connectivity index (χ1v) is 6.55. The van der Waals surface area contributed by atoms with Gasteiger partial charge in [0.2, 0.25) is 0 Å². The molecule has 0 radical (unpaired) electrons. The van der Waals surface area contributed by atoms with E-state index in [1.807, 2.05) is 19.1 Å². The van der Waals surface area contributed by atoms with Crippen molar-refractivity contribution < 1.29 is 8.78 Å². The molecule has 20 heavy (non-hydrogen) atoms. The third-order valence-corrected chi connectivity index (χ3v) is 3.72. The van der Waals surface area contributed by atoms with Crippen molar-refractivity contribution in [2.75, 3.05) is 0 Å². The molecule has 0 aliphatic heterocycles. The summed E-state index contributed by atoms with van der Waals surface area (Å²) in [4.78, 5) is 0. The maximum Gasteiger partial charge on any atom is 0.159 e. The van der Waals surface area contributed by atoms with Crippen LogP contribution in [0.4, 0.5) is 8.78 Å². The molecule has 0 aliphatic carbocycles. The molecular formula is C15H15ClF2N2. The molecule has 1 unspecified atom stereocenters. The summed E-state index contributed by atoms with van der Waals surface area (Å²) in [6.45, 7) is 1.90. The molecule has 0 amide bonds. The quantitative estimate of drug-likeness (QED) is 0.667. The van der Waals surface area contributed by atoms with Crippen LogP contribution >= 0.6 is 11.6 Å². The topological polar surface area (TPSA) is 38.0 Å². The fraction of sp³-hybridized carbons (Fsp3) is 0.200. The Hall–Kier alpha value is -1.49. The van der Waals surface area contributed by atoms with Gasteiger partial charge in [-0.1, -0.05) is 29.8 Å². The molecule has 2 aromatic carbocycles. The van der Waals surface area contributed by atoms with Crippen LogP contribution in [-0.2, 0) is 6.42 Å². The highest BCUT2D eigenvalue weighted by atomic mass is 35.5. The molecule has 0 bridgehead atoms. The van der Waals surface area contributed by atoms with Crippen molar-refractivity contribution in [1.29, 1.82) is 0 Å². The molecule has 2 aromatic rings. The highest BCUT2D eigenvalue weighted by Crippen LogP contribution is 2.26. The largest absolute Gasteiger partial charge is 0.271 e. The lowest BCUT2D eigenvalue weighted by atomic mass is 9.96. The lowest BCUT2D eigenvalue weighted by Crippen LogP contribution is -2.30. The zero-order valence-electron chi connectivity index (χ0n) is 11.0. The van der Waals surface area contributed by atoms with Crippen LogP contribution in [0.2, 0.25) is 5.02 Å². The van der Waals surface area contributed by atoms with Crippen LogP contribution in [-0.4, -0.2) is 0 Å². The second-order valence-electron chi connectivity index (χ2n) is 4.63. The Balaban J connectivity index is 2.28. The van der Waals surface area contributed by atoms with Crippen molar-refractivity contribution in [3.05, 3.63) is 69.7 Å². The monoisotopic (exact) mass is 296 g/mol. The second kappa shape index (κ2) is 6.31. The molecular weight excluding hydrogens is 282 g/mol. The van der Waals surface area contributed by atoms with Crippen molar-refractivity contribution in [3.8, 4) is 0 Å². The average molecular weight is 297 g/mol. The minimum atomic E-state index is -0.860. The van der Waals surface area contributed by atoms with E-state index in [4.69, 9.17) is 17.4 Å². The normalized spacial score (nSPS) is 12.4. The molecule has 106 valence electrons. The van der Waals surface area contributed by atoms with Gasteiger partial charge in [-0.25, -0.2) is 8.78 Å². The number of halogens is 3. The number of hydrazine groups is 1. The molecule has 0 heterocycles. The van der Waals surface area contributed by atoms with E-state index in [0.29, 0.717) is 17.0 Å². The lowest BCUT2D eigenvalue weighted by Gasteiger charge is -2.19. The van der Waals surface area contributed by atoms with E-state index >= 15 is 0 Å². The fourth-order valence-corrected chi connectivity index (χ4v) is 2.34. The van der Waals surface area contributed by atoms with Gasteiger partial charge in [0.25, 0.3) is 0 Å². The standard InChI is InChI=1S/C15H15ClF2N2/c1-9-11(3-2-4-12(9)16)15(20-19)8-10-5-6-13(17)14(18)7-10/h2-7,15,20H,8,19H2,1H3. The van der Waals surface area contributed by atoms with Gasteiger partial charge in [-0.2, -0.15) is 0 Å². The number of nitrogens with one attached hydrogen (secondary N) is 1. The predicted octanol–water partition coefficient (Wildman–Crippen LogP) is 3.67. The third kappa shape index (κ3) is 3.15. The molecule has 3 N–H and O–H groups in total. The minimum absolute atomic E-state index is 0.224. The van der Waals surface area contributed by atoms with Crippen LogP contribution in [0.25, 0.3) is 0 Å². The van der Waals surface area contributed by atoms with E-state index in [0.717, 1.165) is 17.2 Å². The Labute approximate surface area is 121 Å². The summed E-state index contributed by atoms with van der Waals surface area (Å²) in [7, 11) is 0. The Morgan fingerprint density at radius 1 is 1.20 bits per heavy atom. The molecule has 0 saturated carbocycles. The summed E-state index contributed by atoms with van der Waals surface area (Å²) in [5.74, 6) is 3.86. The van der Waals surface area contributed by atoms with Crippen LogP contribution in [0.3, 0.4) is 0 Å². The van der Waals surface area contributed by atoms with E-state index in [1.54, 1.807) is 12.1 Å². The van der Waals surface area contributed by atoms with Gasteiger partial charge in [-0.15, -0.1) is 0 Å². The van der Waals surface area contributed by atoms with Crippen molar-refractivity contribution in [2.45, 2.75) is 19.4 Å². The number of rotatable bonds is 4. The zero-order valence-corrected chi connectivity index (χ0v) is 11.7. The van der Waals surface area contributed by atoms with Gasteiger partial charge >= 0.3 is 0 Å². The average Bonchev–Trinajstić information content (AvgIpc) is 2.43. The van der Waals surface area contributed by atoms with Gasteiger partial charge in [0, 0.05) is 5.02 Å². The summed E-state index contributed by atoms with van der Waals surface area (Å²) in [5, 5.41) is 0.646. The van der Waals surface area contributed by atoms with Crippen molar-refractivity contribution in [1.82, 2.24) is 5.43 Å². The Morgan fingerprint density at radius 2 is 1.95 bits per heavy atom. The summed E-state index contributed by atoms with van der Waals surface area (Å²) in [6, 6.07) is 9.15. The predicted molar refractivity (Wildman–Crippen MR) is 76.3 cm³/mol. The van der Waals surface area contributed by atoms with Gasteiger partial charge in [0.15, 0.2) is 11.6 Å². The van der Waals surface area contributed by atoms with E-state index < -0.39 is 11.6 Å². The second-order valence-corrected chi connectivity index (χ2v) is 5.03. The number of nitrogens with two attached hydrogens (primary N) is 1. The molecule has 0 aromatic heterocycles. The van der Waals surface area contributed by atoms with Gasteiger partial charge in [-0.3, -0.25) is 11.3 Å². The van der Waals surface area contributed by atoms with Gasteiger partial charge in [0.1, 0.15) is 0 Å². The molecule has 0 spiro atoms. The van der Waals surface area contributed by atoms with Crippen LogP contribution in [0, 0.1) is 18.6 Å². The van der Waals surface area contributed by atoms with Crippen LogP contribution in [0.15, 0.2) is 36.4 Å². The van der Waals surface area contributed by atoms with Crippen LogP contribution < -0.4 is 11.3 Å². The van der Waals surface area contributed by atoms with Crippen molar-refractivity contribution in [2.24, 2.45) is 5.84 Å². The molecule has 0 aliphatic rings. The molecule has 1 atom stereocenters. The van der Waals surface area contributed by atoms with E-state index in [9.17, 15) is 8.78 Å². The minimum Gasteiger partial charge on any atom is -0.271 e. The highest BCUT2D eigenvalue weighted by Gasteiger charge is 2.15. The Morgan fingerprint density at radius 3 is 2.60 bits per heavy atom. The summed E-state index contributed by atoms with van der Waals surface area (Å²) < 4.78 is 26.2. The lowest BCUT2D eigenvalue weighted by molar-refractivity contribution is 0.502. The molecule has 0 fully saturated rings. The van der Waals surface area contributed by atoms with E-state index in [-0.39, 0.29) is 6.04 Å². The SMILES string of the molecule is Cc1c(Cl)cccc1C(Cc1ccc(F)c(F)c1)NN. The number of hydrogen-bond donors (Lipinski definition) is 2.